The molecule has 21 heavy (non-hydrogen) atoms. The van der Waals surface area contributed by atoms with Crippen molar-refractivity contribution < 1.29 is 19.8 Å². The van der Waals surface area contributed by atoms with Gasteiger partial charge in [0.1, 0.15) is 5.78 Å². The molecule has 0 radical (unpaired) electrons. The van der Waals surface area contributed by atoms with E-state index in [1.165, 1.54) is 11.8 Å². The van der Waals surface area contributed by atoms with E-state index < -0.39 is 23.9 Å². The van der Waals surface area contributed by atoms with Crippen molar-refractivity contribution in [3.8, 4) is 0 Å². The zero-order valence-corrected chi connectivity index (χ0v) is 12.3. The lowest BCUT2D eigenvalue weighted by Crippen LogP contribution is -2.51. The van der Waals surface area contributed by atoms with Crippen molar-refractivity contribution in [2.45, 2.75) is 24.3 Å². The van der Waals surface area contributed by atoms with Gasteiger partial charge >= 0.3 is 5.97 Å². The number of fused-ring (bicyclic) bond motifs is 1. The number of rotatable bonds is 4. The van der Waals surface area contributed by atoms with Crippen LogP contribution in [0.5, 0.6) is 0 Å². The number of aliphatic hydroxyl groups excluding tert-OH is 1. The summed E-state index contributed by atoms with van der Waals surface area (Å²) in [6.07, 6.45) is -0.150. The molecule has 0 heterocycles. The lowest BCUT2D eigenvalue weighted by molar-refractivity contribution is -0.149. The molecule has 0 bridgehead atoms. The highest BCUT2D eigenvalue weighted by atomic mass is 32.2. The number of carbonyl (C=O) groups excluding carboxylic acids is 1. The summed E-state index contributed by atoms with van der Waals surface area (Å²) in [7, 11) is 0. The number of thioether (sulfide) groups is 1. The Morgan fingerprint density at radius 3 is 2.57 bits per heavy atom. The van der Waals surface area contributed by atoms with Crippen LogP contribution in [0, 0.1) is 17.8 Å². The third-order valence-corrected chi connectivity index (χ3v) is 5.43. The third-order valence-electron chi connectivity index (χ3n) is 4.29. The average molecular weight is 304 g/mol. The molecular formula is C16H16O4S. The number of allylic oxidation sites excluding steroid dienone is 1. The maximum absolute atomic E-state index is 12.1. The van der Waals surface area contributed by atoms with Crippen molar-refractivity contribution in [3.05, 3.63) is 40.8 Å². The molecule has 4 nitrogen and oxygen atoms in total. The zero-order chi connectivity index (χ0) is 15.1. The van der Waals surface area contributed by atoms with Crippen molar-refractivity contribution in [3.63, 3.8) is 0 Å². The molecule has 5 heteroatoms. The van der Waals surface area contributed by atoms with E-state index in [1.54, 1.807) is 6.92 Å². The van der Waals surface area contributed by atoms with Crippen LogP contribution in [0.15, 0.2) is 45.7 Å². The van der Waals surface area contributed by atoms with Gasteiger partial charge in [0.2, 0.25) is 0 Å². The number of benzene rings is 1. The van der Waals surface area contributed by atoms with E-state index in [4.69, 9.17) is 0 Å². The number of aliphatic hydroxyl groups is 1. The van der Waals surface area contributed by atoms with Crippen LogP contribution in [0.1, 0.15) is 13.3 Å². The molecule has 2 unspecified atom stereocenters. The molecule has 2 aliphatic carbocycles. The van der Waals surface area contributed by atoms with Crippen molar-refractivity contribution in [1.29, 1.82) is 0 Å². The number of hydrogen-bond acceptors (Lipinski definition) is 4. The van der Waals surface area contributed by atoms with Gasteiger partial charge in [0, 0.05) is 15.7 Å². The maximum Gasteiger partial charge on any atom is 0.333 e. The average Bonchev–Trinajstić information content (AvgIpc) is 2.74. The minimum atomic E-state index is -1.02. The monoisotopic (exact) mass is 304 g/mol. The Kier molecular flexibility index (Phi) is 3.63. The molecule has 4 atom stereocenters. The van der Waals surface area contributed by atoms with Crippen LogP contribution in [0.25, 0.3) is 0 Å². The van der Waals surface area contributed by atoms with E-state index in [2.05, 4.69) is 0 Å². The van der Waals surface area contributed by atoms with Crippen molar-refractivity contribution >= 4 is 23.5 Å². The molecule has 1 fully saturated rings. The van der Waals surface area contributed by atoms with E-state index in [1.807, 2.05) is 30.3 Å². The summed E-state index contributed by atoms with van der Waals surface area (Å²) in [5, 5.41) is 19.1. The van der Waals surface area contributed by atoms with E-state index in [9.17, 15) is 19.8 Å². The predicted octanol–water partition coefficient (Wildman–Crippen LogP) is 2.33. The smallest absolute Gasteiger partial charge is 0.333 e. The van der Waals surface area contributed by atoms with Gasteiger partial charge in [0.15, 0.2) is 0 Å². The highest BCUT2D eigenvalue weighted by molar-refractivity contribution is 8.03. The van der Waals surface area contributed by atoms with Gasteiger partial charge in [-0.2, -0.15) is 0 Å². The van der Waals surface area contributed by atoms with Gasteiger partial charge in [-0.05, 0) is 31.4 Å². The fourth-order valence-electron chi connectivity index (χ4n) is 3.39. The third kappa shape index (κ3) is 2.30. The summed E-state index contributed by atoms with van der Waals surface area (Å²) in [6.45, 7) is 1.60. The quantitative estimate of drug-likeness (QED) is 0.893. The molecule has 110 valence electrons. The lowest BCUT2D eigenvalue weighted by atomic mass is 9.61. The lowest BCUT2D eigenvalue weighted by Gasteiger charge is -2.41. The topological polar surface area (TPSA) is 74.6 Å². The molecule has 0 spiro atoms. The number of Topliss-reactive ketones (excluding diaryl/α,β-unsaturated/α-hetero) is 1. The molecule has 2 N–H and O–H groups in total. The normalized spacial score (nSPS) is 29.0. The largest absolute Gasteiger partial charge is 0.478 e. The van der Waals surface area contributed by atoms with E-state index >= 15 is 0 Å². The number of aliphatic carboxylic acids is 1. The van der Waals surface area contributed by atoms with Gasteiger partial charge in [0.05, 0.1) is 17.6 Å². The Morgan fingerprint density at radius 1 is 1.33 bits per heavy atom. The number of ketones is 1. The highest BCUT2D eigenvalue weighted by Gasteiger charge is 2.58. The van der Waals surface area contributed by atoms with Crippen LogP contribution < -0.4 is 0 Å². The summed E-state index contributed by atoms with van der Waals surface area (Å²) >= 11 is 1.42. The second-order valence-electron chi connectivity index (χ2n) is 5.57. The summed E-state index contributed by atoms with van der Waals surface area (Å²) in [5.41, 5.74) is 0.232. The molecule has 1 aromatic carbocycles. The van der Waals surface area contributed by atoms with E-state index in [0.717, 1.165) is 9.80 Å². The van der Waals surface area contributed by atoms with Crippen molar-refractivity contribution in [2.24, 2.45) is 17.8 Å². The summed E-state index contributed by atoms with van der Waals surface area (Å²) in [5.74, 6) is -2.16. The zero-order valence-electron chi connectivity index (χ0n) is 11.5. The Bertz CT molecular complexity index is 620. The second kappa shape index (κ2) is 5.31. The molecule has 0 saturated heterocycles. The summed E-state index contributed by atoms with van der Waals surface area (Å²) in [4.78, 5) is 25.4. The first-order chi connectivity index (χ1) is 10.0. The predicted molar refractivity (Wildman–Crippen MR) is 78.7 cm³/mol. The van der Waals surface area contributed by atoms with Crippen LogP contribution in [0.4, 0.5) is 0 Å². The molecule has 1 aromatic rings. The van der Waals surface area contributed by atoms with Gasteiger partial charge in [-0.1, -0.05) is 30.0 Å². The minimum absolute atomic E-state index is 0.0604. The molecule has 1 saturated carbocycles. The Balaban J connectivity index is 1.89. The Labute approximate surface area is 126 Å². The SMILES string of the molecule is CC(O)C1C(=O)[C@H]2C(C(=O)O)=C(Sc3ccccc3)C[C@H]12. The van der Waals surface area contributed by atoms with Gasteiger partial charge < -0.3 is 10.2 Å². The first-order valence-corrected chi connectivity index (χ1v) is 7.73. The Hall–Kier alpha value is -1.59. The van der Waals surface area contributed by atoms with Crippen molar-refractivity contribution in [2.75, 3.05) is 0 Å². The van der Waals surface area contributed by atoms with Crippen LogP contribution in [0.2, 0.25) is 0 Å². The van der Waals surface area contributed by atoms with Crippen LogP contribution >= 0.6 is 11.8 Å². The molecule has 3 rings (SSSR count). The molecule has 2 aliphatic rings. The van der Waals surface area contributed by atoms with Gasteiger partial charge in [-0.3, -0.25) is 4.79 Å². The summed E-state index contributed by atoms with van der Waals surface area (Å²) < 4.78 is 0. The molecule has 0 aliphatic heterocycles. The number of carboxylic acid groups (broad SMARTS) is 1. The number of hydrogen-bond donors (Lipinski definition) is 2. The first-order valence-electron chi connectivity index (χ1n) is 6.91. The van der Waals surface area contributed by atoms with Gasteiger partial charge in [-0.15, -0.1) is 0 Å². The second-order valence-corrected chi connectivity index (χ2v) is 6.74. The summed E-state index contributed by atoms with van der Waals surface area (Å²) in [6, 6.07) is 9.55. The number of carboxylic acids is 1. The molecule has 0 aromatic heterocycles. The van der Waals surface area contributed by atoms with Gasteiger partial charge in [0.25, 0.3) is 0 Å². The fourth-order valence-corrected chi connectivity index (χ4v) is 4.57. The van der Waals surface area contributed by atoms with E-state index in [-0.39, 0.29) is 17.3 Å². The fraction of sp³-hybridized carbons (Fsp3) is 0.375. The van der Waals surface area contributed by atoms with Gasteiger partial charge in [-0.25, -0.2) is 4.79 Å². The Morgan fingerprint density at radius 2 is 2.00 bits per heavy atom. The molecule has 0 amide bonds. The van der Waals surface area contributed by atoms with Crippen LogP contribution in [0.3, 0.4) is 0 Å². The first kappa shape index (κ1) is 14.4. The molecular weight excluding hydrogens is 288 g/mol. The minimum Gasteiger partial charge on any atom is -0.478 e. The van der Waals surface area contributed by atoms with Crippen LogP contribution in [-0.2, 0) is 9.59 Å². The highest BCUT2D eigenvalue weighted by Crippen LogP contribution is 2.55. The standard InChI is InChI=1S/C16H16O4S/c1-8(17)12-10-7-11(21-9-5-3-2-4-6-9)14(16(19)20)13(10)15(12)18/h2-6,8,10,12-13,17H,7H2,1H3,(H,19,20)/t8?,10-,12?,13-/m1/s1. The maximum atomic E-state index is 12.1. The van der Waals surface area contributed by atoms with Crippen LogP contribution in [-0.4, -0.2) is 28.1 Å². The van der Waals surface area contributed by atoms with Crippen molar-refractivity contribution in [1.82, 2.24) is 0 Å². The number of carbonyl (C=O) groups is 2. The van der Waals surface area contributed by atoms with E-state index in [0.29, 0.717) is 6.42 Å².